The van der Waals surface area contributed by atoms with Gasteiger partial charge in [0.15, 0.2) is 0 Å². The lowest BCUT2D eigenvalue weighted by Crippen LogP contribution is -2.12. The monoisotopic (exact) mass is 284 g/mol. The molecular formula is C16H20N4O. The molecule has 0 aliphatic heterocycles. The molecular weight excluding hydrogens is 264 g/mol. The zero-order valence-electron chi connectivity index (χ0n) is 12.2. The third-order valence-corrected chi connectivity index (χ3v) is 3.02. The van der Waals surface area contributed by atoms with Crippen LogP contribution in [0.5, 0.6) is 5.75 Å². The molecule has 21 heavy (non-hydrogen) atoms. The van der Waals surface area contributed by atoms with Crippen molar-refractivity contribution in [1.82, 2.24) is 15.1 Å². The van der Waals surface area contributed by atoms with Crippen LogP contribution in [0.25, 0.3) is 0 Å². The largest absolute Gasteiger partial charge is 0.494 e. The predicted octanol–water partition coefficient (Wildman–Crippen LogP) is 2.39. The van der Waals surface area contributed by atoms with E-state index in [0.29, 0.717) is 13.0 Å². The lowest BCUT2D eigenvalue weighted by molar-refractivity contribution is 0.312. The van der Waals surface area contributed by atoms with Gasteiger partial charge in [-0.25, -0.2) is 0 Å². The molecule has 1 aromatic heterocycles. The molecule has 5 nitrogen and oxygen atoms in total. The molecule has 5 heteroatoms. The fraction of sp³-hybridized carbons (Fsp3) is 0.375. The lowest BCUT2D eigenvalue weighted by atomic mass is 10.2. The molecule has 0 radical (unpaired) electrons. The molecule has 2 aromatic rings. The SMILES string of the molecule is Cn1cc(CNCc2cccc(OCCCC#N)c2)cn1. The first-order valence-electron chi connectivity index (χ1n) is 7.05. The van der Waals surface area contributed by atoms with Gasteiger partial charge in [0, 0.05) is 38.3 Å². The first-order valence-corrected chi connectivity index (χ1v) is 7.05. The summed E-state index contributed by atoms with van der Waals surface area (Å²) in [6.07, 6.45) is 5.16. The number of hydrogen-bond acceptors (Lipinski definition) is 4. The molecule has 0 spiro atoms. The third-order valence-electron chi connectivity index (χ3n) is 3.02. The predicted molar refractivity (Wildman–Crippen MR) is 80.5 cm³/mol. The minimum atomic E-state index is 0.534. The summed E-state index contributed by atoms with van der Waals surface area (Å²) in [5.41, 5.74) is 2.35. The quantitative estimate of drug-likeness (QED) is 0.756. The Morgan fingerprint density at radius 2 is 2.19 bits per heavy atom. The zero-order valence-corrected chi connectivity index (χ0v) is 12.2. The van der Waals surface area contributed by atoms with Gasteiger partial charge >= 0.3 is 0 Å². The Labute approximate surface area is 125 Å². The summed E-state index contributed by atoms with van der Waals surface area (Å²) in [6.45, 7) is 2.16. The molecule has 2 rings (SSSR count). The Morgan fingerprint density at radius 3 is 2.95 bits per heavy atom. The highest BCUT2D eigenvalue weighted by molar-refractivity contribution is 5.28. The van der Waals surface area contributed by atoms with Crippen molar-refractivity contribution in [3.8, 4) is 11.8 Å². The van der Waals surface area contributed by atoms with Gasteiger partial charge < -0.3 is 10.1 Å². The Hall–Kier alpha value is -2.32. The van der Waals surface area contributed by atoms with Gasteiger partial charge in [0.2, 0.25) is 0 Å². The van der Waals surface area contributed by atoms with E-state index < -0.39 is 0 Å². The Bertz CT molecular complexity index is 600. The maximum atomic E-state index is 8.48. The molecule has 0 saturated heterocycles. The van der Waals surface area contributed by atoms with Gasteiger partial charge in [-0.3, -0.25) is 4.68 Å². The summed E-state index contributed by atoms with van der Waals surface area (Å²) in [5.74, 6) is 0.855. The van der Waals surface area contributed by atoms with Crippen molar-refractivity contribution < 1.29 is 4.74 Å². The van der Waals surface area contributed by atoms with Gasteiger partial charge in [-0.05, 0) is 24.1 Å². The van der Waals surface area contributed by atoms with Crippen LogP contribution >= 0.6 is 0 Å². The number of nitrogens with zero attached hydrogens (tertiary/aromatic N) is 3. The third kappa shape index (κ3) is 5.28. The normalized spacial score (nSPS) is 10.3. The second-order valence-electron chi connectivity index (χ2n) is 4.88. The second kappa shape index (κ2) is 8.08. The average molecular weight is 284 g/mol. The highest BCUT2D eigenvalue weighted by Crippen LogP contribution is 2.13. The first-order chi connectivity index (χ1) is 10.3. The van der Waals surface area contributed by atoms with Crippen LogP contribution in [0.2, 0.25) is 0 Å². The van der Waals surface area contributed by atoms with E-state index in [1.54, 1.807) is 4.68 Å². The maximum Gasteiger partial charge on any atom is 0.119 e. The van der Waals surface area contributed by atoms with Crippen molar-refractivity contribution in [3.63, 3.8) is 0 Å². The van der Waals surface area contributed by atoms with Crippen LogP contribution in [-0.2, 0) is 20.1 Å². The number of benzene rings is 1. The van der Waals surface area contributed by atoms with Gasteiger partial charge in [0.05, 0.1) is 18.9 Å². The molecule has 0 aliphatic rings. The average Bonchev–Trinajstić information content (AvgIpc) is 2.90. The van der Waals surface area contributed by atoms with E-state index in [1.165, 1.54) is 11.1 Å². The highest BCUT2D eigenvalue weighted by Gasteiger charge is 1.99. The molecule has 0 bridgehead atoms. The fourth-order valence-corrected chi connectivity index (χ4v) is 2.00. The summed E-state index contributed by atoms with van der Waals surface area (Å²) >= 11 is 0. The zero-order chi connectivity index (χ0) is 14.9. The summed E-state index contributed by atoms with van der Waals surface area (Å²) in [7, 11) is 1.91. The van der Waals surface area contributed by atoms with E-state index in [0.717, 1.165) is 25.3 Å². The topological polar surface area (TPSA) is 62.9 Å². The summed E-state index contributed by atoms with van der Waals surface area (Å²) < 4.78 is 7.42. The van der Waals surface area contributed by atoms with Crippen LogP contribution in [0.4, 0.5) is 0 Å². The summed E-state index contributed by atoms with van der Waals surface area (Å²) in [5, 5.41) is 16.0. The molecule has 0 fully saturated rings. The molecule has 0 atom stereocenters. The number of aromatic nitrogens is 2. The van der Waals surface area contributed by atoms with E-state index in [4.69, 9.17) is 10.00 Å². The number of aryl methyl sites for hydroxylation is 1. The van der Waals surface area contributed by atoms with Crippen molar-refractivity contribution in [2.45, 2.75) is 25.9 Å². The number of unbranched alkanes of at least 4 members (excludes halogenated alkanes) is 1. The van der Waals surface area contributed by atoms with E-state index in [1.807, 2.05) is 37.6 Å². The summed E-state index contributed by atoms with van der Waals surface area (Å²) in [4.78, 5) is 0. The van der Waals surface area contributed by atoms with Gasteiger partial charge in [-0.1, -0.05) is 12.1 Å². The Morgan fingerprint density at radius 1 is 1.33 bits per heavy atom. The van der Waals surface area contributed by atoms with E-state index in [2.05, 4.69) is 22.6 Å². The molecule has 0 saturated carbocycles. The minimum Gasteiger partial charge on any atom is -0.494 e. The van der Waals surface area contributed by atoms with Crippen molar-refractivity contribution in [2.75, 3.05) is 6.61 Å². The van der Waals surface area contributed by atoms with Crippen molar-refractivity contribution in [3.05, 3.63) is 47.8 Å². The Kier molecular flexibility index (Phi) is 5.80. The molecule has 1 N–H and O–H groups in total. The molecule has 0 aliphatic carbocycles. The van der Waals surface area contributed by atoms with E-state index in [9.17, 15) is 0 Å². The number of hydrogen-bond donors (Lipinski definition) is 1. The molecule has 0 amide bonds. The van der Waals surface area contributed by atoms with Crippen molar-refractivity contribution in [1.29, 1.82) is 5.26 Å². The van der Waals surface area contributed by atoms with Crippen molar-refractivity contribution >= 4 is 0 Å². The standard InChI is InChI=1S/C16H20N4O/c1-20-13-15(12-19-20)11-18-10-14-5-4-6-16(9-14)21-8-3-2-7-17/h4-6,9,12-13,18H,2-3,8,10-11H2,1H3. The van der Waals surface area contributed by atoms with Crippen molar-refractivity contribution in [2.24, 2.45) is 7.05 Å². The van der Waals surface area contributed by atoms with Crippen LogP contribution in [0, 0.1) is 11.3 Å². The van der Waals surface area contributed by atoms with Crippen LogP contribution in [0.3, 0.4) is 0 Å². The first kappa shape index (κ1) is 15.1. The molecule has 1 heterocycles. The fourth-order valence-electron chi connectivity index (χ4n) is 2.00. The maximum absolute atomic E-state index is 8.48. The number of nitriles is 1. The Balaban J connectivity index is 1.76. The van der Waals surface area contributed by atoms with Crippen LogP contribution in [0.1, 0.15) is 24.0 Å². The van der Waals surface area contributed by atoms with Crippen LogP contribution in [0.15, 0.2) is 36.7 Å². The molecule has 0 unspecified atom stereocenters. The number of rotatable bonds is 8. The second-order valence-corrected chi connectivity index (χ2v) is 4.88. The summed E-state index contributed by atoms with van der Waals surface area (Å²) in [6, 6.07) is 10.1. The van der Waals surface area contributed by atoms with Gasteiger partial charge in [0.25, 0.3) is 0 Å². The van der Waals surface area contributed by atoms with Gasteiger partial charge in [-0.2, -0.15) is 10.4 Å². The minimum absolute atomic E-state index is 0.534. The van der Waals surface area contributed by atoms with Gasteiger partial charge in [-0.15, -0.1) is 0 Å². The van der Waals surface area contributed by atoms with Crippen LogP contribution in [-0.4, -0.2) is 16.4 Å². The number of ether oxygens (including phenoxy) is 1. The molecule has 110 valence electrons. The number of nitrogens with one attached hydrogen (secondary N) is 1. The van der Waals surface area contributed by atoms with Crippen LogP contribution < -0.4 is 10.1 Å². The van der Waals surface area contributed by atoms with E-state index >= 15 is 0 Å². The smallest absolute Gasteiger partial charge is 0.119 e. The van der Waals surface area contributed by atoms with Gasteiger partial charge in [0.1, 0.15) is 5.75 Å². The highest BCUT2D eigenvalue weighted by atomic mass is 16.5. The lowest BCUT2D eigenvalue weighted by Gasteiger charge is -2.08. The molecule has 1 aromatic carbocycles. The van der Waals surface area contributed by atoms with E-state index in [-0.39, 0.29) is 0 Å².